The molecule has 144 valence electrons. The molecule has 0 saturated carbocycles. The lowest BCUT2D eigenvalue weighted by Crippen LogP contribution is -2.50. The molecule has 0 atom stereocenters. The Hall–Kier alpha value is -3.33. The summed E-state index contributed by atoms with van der Waals surface area (Å²) >= 11 is 0. The number of hydrogen-bond acceptors (Lipinski definition) is 5. The fourth-order valence-corrected chi connectivity index (χ4v) is 3.56. The van der Waals surface area contributed by atoms with Gasteiger partial charge in [0.1, 0.15) is 5.75 Å². The van der Waals surface area contributed by atoms with Crippen molar-refractivity contribution >= 4 is 11.9 Å². The van der Waals surface area contributed by atoms with E-state index in [1.807, 2.05) is 36.4 Å². The van der Waals surface area contributed by atoms with Crippen LogP contribution in [0.5, 0.6) is 5.75 Å². The molecule has 0 radical (unpaired) electrons. The predicted octanol–water partition coefficient (Wildman–Crippen LogP) is 2.67. The molecule has 6 nitrogen and oxygen atoms in total. The lowest BCUT2D eigenvalue weighted by molar-refractivity contribution is -0.151. The fourth-order valence-electron chi connectivity index (χ4n) is 3.56. The van der Waals surface area contributed by atoms with Crippen molar-refractivity contribution in [3.8, 4) is 11.8 Å². The molecule has 1 aliphatic heterocycles. The van der Waals surface area contributed by atoms with Gasteiger partial charge in [-0.15, -0.1) is 0 Å². The smallest absolute Gasteiger partial charge is 0.316 e. The van der Waals surface area contributed by atoms with Gasteiger partial charge in [-0.25, -0.2) is 0 Å². The lowest BCUT2D eigenvalue weighted by atomic mass is 9.72. The standard InChI is InChI=1S/C22H22N2O4/c1-27-21(26)22(18-5-3-2-4-6-18)11-13-24(14-12-22)20(25)16-28-19-9-7-17(15-23)8-10-19/h2-10H,11-14,16H2,1H3. The summed E-state index contributed by atoms with van der Waals surface area (Å²) in [6, 6.07) is 18.2. The van der Waals surface area contributed by atoms with Crippen LogP contribution in [0.15, 0.2) is 54.6 Å². The first-order chi connectivity index (χ1) is 13.6. The number of rotatable bonds is 5. The van der Waals surface area contributed by atoms with Crippen LogP contribution in [0, 0.1) is 11.3 Å². The Balaban J connectivity index is 1.62. The van der Waals surface area contributed by atoms with Crippen LogP contribution in [0.25, 0.3) is 0 Å². The van der Waals surface area contributed by atoms with E-state index in [0.717, 1.165) is 5.56 Å². The van der Waals surface area contributed by atoms with Crippen molar-refractivity contribution in [2.45, 2.75) is 18.3 Å². The van der Waals surface area contributed by atoms with Crippen LogP contribution in [-0.4, -0.2) is 43.6 Å². The quantitative estimate of drug-likeness (QED) is 0.748. The second kappa shape index (κ2) is 8.57. The third kappa shape index (κ3) is 3.99. The zero-order chi connectivity index (χ0) is 20.0. The molecule has 0 unspecified atom stereocenters. The highest BCUT2D eigenvalue weighted by Gasteiger charge is 2.44. The van der Waals surface area contributed by atoms with E-state index < -0.39 is 5.41 Å². The molecule has 2 aromatic rings. The number of hydrogen-bond donors (Lipinski definition) is 0. The van der Waals surface area contributed by atoms with Gasteiger partial charge in [0.15, 0.2) is 6.61 Å². The van der Waals surface area contributed by atoms with Crippen molar-refractivity contribution in [1.29, 1.82) is 5.26 Å². The van der Waals surface area contributed by atoms with Gasteiger partial charge in [-0.2, -0.15) is 5.26 Å². The van der Waals surface area contributed by atoms with E-state index in [0.29, 0.717) is 37.2 Å². The number of benzene rings is 2. The first-order valence-corrected chi connectivity index (χ1v) is 9.14. The Morgan fingerprint density at radius 3 is 2.29 bits per heavy atom. The molecule has 0 aromatic heterocycles. The molecule has 28 heavy (non-hydrogen) atoms. The van der Waals surface area contributed by atoms with Gasteiger partial charge in [0, 0.05) is 13.1 Å². The zero-order valence-corrected chi connectivity index (χ0v) is 15.8. The van der Waals surface area contributed by atoms with Crippen LogP contribution < -0.4 is 4.74 Å². The second-order valence-electron chi connectivity index (χ2n) is 6.75. The van der Waals surface area contributed by atoms with E-state index in [4.69, 9.17) is 14.7 Å². The third-order valence-electron chi connectivity index (χ3n) is 5.22. The average molecular weight is 378 g/mol. The van der Waals surface area contributed by atoms with Crippen LogP contribution in [0.2, 0.25) is 0 Å². The van der Waals surface area contributed by atoms with Crippen molar-refractivity contribution in [2.75, 3.05) is 26.8 Å². The number of nitrogens with zero attached hydrogens (tertiary/aromatic N) is 2. The van der Waals surface area contributed by atoms with E-state index >= 15 is 0 Å². The average Bonchev–Trinajstić information content (AvgIpc) is 2.77. The highest BCUT2D eigenvalue weighted by molar-refractivity contribution is 5.84. The third-order valence-corrected chi connectivity index (χ3v) is 5.22. The van der Waals surface area contributed by atoms with Gasteiger partial charge in [0.25, 0.3) is 5.91 Å². The van der Waals surface area contributed by atoms with Gasteiger partial charge in [0.2, 0.25) is 0 Å². The maximum Gasteiger partial charge on any atom is 0.316 e. The summed E-state index contributed by atoms with van der Waals surface area (Å²) < 4.78 is 10.6. The van der Waals surface area contributed by atoms with Gasteiger partial charge in [-0.3, -0.25) is 9.59 Å². The normalized spacial score (nSPS) is 15.4. The summed E-state index contributed by atoms with van der Waals surface area (Å²) in [4.78, 5) is 26.8. The number of esters is 1. The van der Waals surface area contributed by atoms with Crippen molar-refractivity contribution in [1.82, 2.24) is 4.90 Å². The second-order valence-corrected chi connectivity index (χ2v) is 6.75. The summed E-state index contributed by atoms with van der Waals surface area (Å²) in [5.74, 6) is 0.146. The van der Waals surface area contributed by atoms with Crippen LogP contribution in [0.3, 0.4) is 0 Å². The Bertz CT molecular complexity index is 864. The molecule has 2 aromatic carbocycles. The molecule has 1 heterocycles. The topological polar surface area (TPSA) is 79.6 Å². The summed E-state index contributed by atoms with van der Waals surface area (Å²) in [5.41, 5.74) is 0.735. The van der Waals surface area contributed by atoms with E-state index in [9.17, 15) is 9.59 Å². The van der Waals surface area contributed by atoms with Crippen LogP contribution >= 0.6 is 0 Å². The maximum absolute atomic E-state index is 12.6. The van der Waals surface area contributed by atoms with Crippen LogP contribution in [0.1, 0.15) is 24.0 Å². The van der Waals surface area contributed by atoms with Gasteiger partial charge < -0.3 is 14.4 Å². The van der Waals surface area contributed by atoms with Gasteiger partial charge in [-0.1, -0.05) is 30.3 Å². The molecule has 0 N–H and O–H groups in total. The van der Waals surface area contributed by atoms with Gasteiger partial charge >= 0.3 is 5.97 Å². The molecule has 3 rings (SSSR count). The summed E-state index contributed by atoms with van der Waals surface area (Å²) in [5, 5.41) is 8.81. The molecule has 1 saturated heterocycles. The first kappa shape index (κ1) is 19.4. The first-order valence-electron chi connectivity index (χ1n) is 9.14. The minimum atomic E-state index is -0.721. The number of piperidine rings is 1. The summed E-state index contributed by atoms with van der Waals surface area (Å²) in [6.45, 7) is 0.835. The monoisotopic (exact) mass is 378 g/mol. The number of likely N-dealkylation sites (tertiary alicyclic amines) is 1. The Kier molecular flexibility index (Phi) is 5.95. The van der Waals surface area contributed by atoms with Gasteiger partial charge in [0.05, 0.1) is 24.2 Å². The molecule has 0 spiro atoms. The molecule has 1 fully saturated rings. The largest absolute Gasteiger partial charge is 0.484 e. The van der Waals surface area contributed by atoms with Crippen LogP contribution in [-0.2, 0) is 19.7 Å². The Morgan fingerprint density at radius 1 is 1.07 bits per heavy atom. The molecule has 0 aliphatic carbocycles. The highest BCUT2D eigenvalue weighted by atomic mass is 16.5. The zero-order valence-electron chi connectivity index (χ0n) is 15.8. The minimum absolute atomic E-state index is 0.0809. The van der Waals surface area contributed by atoms with E-state index in [1.54, 1.807) is 29.2 Å². The van der Waals surface area contributed by atoms with E-state index in [-0.39, 0.29) is 18.5 Å². The van der Waals surface area contributed by atoms with Crippen molar-refractivity contribution in [3.63, 3.8) is 0 Å². The molecule has 0 bridgehead atoms. The van der Waals surface area contributed by atoms with Crippen molar-refractivity contribution in [3.05, 3.63) is 65.7 Å². The predicted molar refractivity (Wildman–Crippen MR) is 103 cm³/mol. The van der Waals surface area contributed by atoms with E-state index in [1.165, 1.54) is 7.11 Å². The van der Waals surface area contributed by atoms with Crippen molar-refractivity contribution in [2.24, 2.45) is 0 Å². The number of amides is 1. The lowest BCUT2D eigenvalue weighted by Gasteiger charge is -2.40. The molecular formula is C22H22N2O4. The molecule has 1 aliphatic rings. The number of carbonyl (C=O) groups is 2. The number of nitriles is 1. The molecule has 6 heteroatoms. The molecular weight excluding hydrogens is 356 g/mol. The minimum Gasteiger partial charge on any atom is -0.484 e. The van der Waals surface area contributed by atoms with Crippen molar-refractivity contribution < 1.29 is 19.1 Å². The Labute approximate surface area is 164 Å². The maximum atomic E-state index is 12.6. The number of carbonyl (C=O) groups excluding carboxylic acids is 2. The number of ether oxygens (including phenoxy) is 2. The Morgan fingerprint density at radius 2 is 1.71 bits per heavy atom. The highest BCUT2D eigenvalue weighted by Crippen LogP contribution is 2.36. The van der Waals surface area contributed by atoms with E-state index in [2.05, 4.69) is 0 Å². The SMILES string of the molecule is COC(=O)C1(c2ccccc2)CCN(C(=O)COc2ccc(C#N)cc2)CC1. The molecule has 1 amide bonds. The number of methoxy groups -OCH3 is 1. The summed E-state index contributed by atoms with van der Waals surface area (Å²) in [7, 11) is 1.40. The van der Waals surface area contributed by atoms with Gasteiger partial charge in [-0.05, 0) is 42.7 Å². The fraction of sp³-hybridized carbons (Fsp3) is 0.318. The van der Waals surface area contributed by atoms with Crippen LogP contribution in [0.4, 0.5) is 0 Å². The summed E-state index contributed by atoms with van der Waals surface area (Å²) in [6.07, 6.45) is 1.01.